The van der Waals surface area contributed by atoms with Crippen LogP contribution < -0.4 is 10.1 Å². The summed E-state index contributed by atoms with van der Waals surface area (Å²) in [6, 6.07) is 8.62. The molecule has 3 heteroatoms. The minimum absolute atomic E-state index is 0. The Hall–Kier alpha value is -0.730. The number of benzene rings is 1. The molecular weight excluding hydrogens is 234 g/mol. The molecule has 2 atom stereocenters. The van der Waals surface area contributed by atoms with E-state index in [-0.39, 0.29) is 12.4 Å². The number of piperidine rings is 1. The molecule has 0 radical (unpaired) electrons. The van der Waals surface area contributed by atoms with Crippen molar-refractivity contribution < 1.29 is 4.74 Å². The Morgan fingerprint density at radius 3 is 2.59 bits per heavy atom. The van der Waals surface area contributed by atoms with Crippen LogP contribution in [0.25, 0.3) is 0 Å². The Morgan fingerprint density at radius 2 is 2.00 bits per heavy atom. The lowest BCUT2D eigenvalue weighted by atomic mass is 9.82. The fraction of sp³-hybridized carbons (Fsp3) is 0.571. The van der Waals surface area contributed by atoms with Gasteiger partial charge in [0.05, 0.1) is 6.61 Å². The molecule has 0 amide bonds. The van der Waals surface area contributed by atoms with Gasteiger partial charge < -0.3 is 10.1 Å². The van der Waals surface area contributed by atoms with E-state index in [1.165, 1.54) is 12.0 Å². The highest BCUT2D eigenvalue weighted by atomic mass is 35.5. The molecule has 96 valence electrons. The van der Waals surface area contributed by atoms with Gasteiger partial charge in [-0.1, -0.05) is 19.1 Å². The van der Waals surface area contributed by atoms with Crippen molar-refractivity contribution in [2.24, 2.45) is 5.92 Å². The molecule has 1 aromatic carbocycles. The number of hydrogen-bond donors (Lipinski definition) is 1. The lowest BCUT2D eigenvalue weighted by Crippen LogP contribution is -2.33. The zero-order chi connectivity index (χ0) is 11.4. The van der Waals surface area contributed by atoms with Crippen LogP contribution in [0.3, 0.4) is 0 Å². The molecule has 1 aromatic rings. The topological polar surface area (TPSA) is 21.3 Å². The maximum absolute atomic E-state index is 5.46. The first kappa shape index (κ1) is 14.3. The van der Waals surface area contributed by atoms with Crippen LogP contribution in [0.4, 0.5) is 0 Å². The first-order chi connectivity index (χ1) is 7.81. The predicted octanol–water partition coefficient (Wildman–Crippen LogP) is 3.22. The van der Waals surface area contributed by atoms with Crippen LogP contribution in [0.5, 0.6) is 5.75 Å². The Kier molecular flexibility index (Phi) is 5.79. The number of nitrogens with one attached hydrogen (secondary N) is 1. The molecule has 1 N–H and O–H groups in total. The molecule has 2 rings (SSSR count). The van der Waals surface area contributed by atoms with Crippen LogP contribution in [0, 0.1) is 5.92 Å². The number of ether oxygens (including phenoxy) is 1. The molecule has 17 heavy (non-hydrogen) atoms. The van der Waals surface area contributed by atoms with E-state index in [0.717, 1.165) is 31.4 Å². The molecular formula is C14H22ClNO. The van der Waals surface area contributed by atoms with Crippen molar-refractivity contribution in [2.45, 2.75) is 26.2 Å². The van der Waals surface area contributed by atoms with Crippen LogP contribution >= 0.6 is 12.4 Å². The van der Waals surface area contributed by atoms with E-state index < -0.39 is 0 Å². The van der Waals surface area contributed by atoms with Crippen LogP contribution in [0.15, 0.2) is 24.3 Å². The van der Waals surface area contributed by atoms with Gasteiger partial charge in [0.15, 0.2) is 0 Å². The largest absolute Gasteiger partial charge is 0.494 e. The molecule has 0 bridgehead atoms. The second-order valence-corrected chi connectivity index (χ2v) is 4.58. The van der Waals surface area contributed by atoms with Gasteiger partial charge in [0, 0.05) is 0 Å². The summed E-state index contributed by atoms with van der Waals surface area (Å²) in [4.78, 5) is 0. The van der Waals surface area contributed by atoms with E-state index in [1.807, 2.05) is 6.92 Å². The fourth-order valence-corrected chi connectivity index (χ4v) is 2.49. The van der Waals surface area contributed by atoms with Gasteiger partial charge in [-0.3, -0.25) is 0 Å². The average molecular weight is 256 g/mol. The standard InChI is InChI=1S/C14H21NO.ClH/c1-3-16-13-6-4-12(5-7-13)14-8-9-15-10-11(14)2;/h4-7,11,14-15H,3,8-10H2,1-2H3;1H/t11-,14+;/m0./s1. The van der Waals surface area contributed by atoms with Gasteiger partial charge in [0.25, 0.3) is 0 Å². The maximum Gasteiger partial charge on any atom is 0.119 e. The third-order valence-corrected chi connectivity index (χ3v) is 3.40. The first-order valence-corrected chi connectivity index (χ1v) is 6.24. The zero-order valence-corrected chi connectivity index (χ0v) is 11.4. The Balaban J connectivity index is 0.00000144. The molecule has 0 aromatic heterocycles. The van der Waals surface area contributed by atoms with Crippen molar-refractivity contribution in [3.05, 3.63) is 29.8 Å². The average Bonchev–Trinajstić information content (AvgIpc) is 2.31. The Morgan fingerprint density at radius 1 is 1.29 bits per heavy atom. The third kappa shape index (κ3) is 3.62. The molecule has 1 saturated heterocycles. The van der Waals surface area contributed by atoms with Crippen molar-refractivity contribution >= 4 is 12.4 Å². The quantitative estimate of drug-likeness (QED) is 0.896. The normalized spacial score (nSPS) is 23.9. The number of halogens is 1. The minimum atomic E-state index is 0. The van der Waals surface area contributed by atoms with Gasteiger partial charge >= 0.3 is 0 Å². The number of hydrogen-bond acceptors (Lipinski definition) is 2. The van der Waals surface area contributed by atoms with E-state index >= 15 is 0 Å². The molecule has 1 aliphatic rings. The molecule has 2 nitrogen and oxygen atoms in total. The van der Waals surface area contributed by atoms with Gasteiger partial charge in [-0.2, -0.15) is 0 Å². The SMILES string of the molecule is CCOc1ccc([C@@H]2CCNC[C@@H]2C)cc1.Cl. The molecule has 1 heterocycles. The van der Waals surface area contributed by atoms with Crippen molar-refractivity contribution in [2.75, 3.05) is 19.7 Å². The zero-order valence-electron chi connectivity index (χ0n) is 10.6. The molecule has 0 spiro atoms. The first-order valence-electron chi connectivity index (χ1n) is 6.24. The summed E-state index contributed by atoms with van der Waals surface area (Å²) in [6.45, 7) is 7.36. The fourth-order valence-electron chi connectivity index (χ4n) is 2.49. The second kappa shape index (κ2) is 6.87. The summed E-state index contributed by atoms with van der Waals surface area (Å²) in [5.74, 6) is 2.41. The molecule has 1 aliphatic heterocycles. The summed E-state index contributed by atoms with van der Waals surface area (Å²) in [7, 11) is 0. The summed E-state index contributed by atoms with van der Waals surface area (Å²) in [5.41, 5.74) is 1.46. The van der Waals surface area contributed by atoms with E-state index in [4.69, 9.17) is 4.74 Å². The predicted molar refractivity (Wildman–Crippen MR) is 74.3 cm³/mol. The van der Waals surface area contributed by atoms with E-state index in [9.17, 15) is 0 Å². The summed E-state index contributed by atoms with van der Waals surface area (Å²) >= 11 is 0. The minimum Gasteiger partial charge on any atom is -0.494 e. The lowest BCUT2D eigenvalue weighted by Gasteiger charge is -2.29. The third-order valence-electron chi connectivity index (χ3n) is 3.40. The van der Waals surface area contributed by atoms with Gasteiger partial charge in [-0.15, -0.1) is 12.4 Å². The molecule has 0 unspecified atom stereocenters. The Bertz CT molecular complexity index is 325. The molecule has 0 saturated carbocycles. The van der Waals surface area contributed by atoms with Crippen molar-refractivity contribution in [1.82, 2.24) is 5.32 Å². The molecule has 0 aliphatic carbocycles. The molecule has 1 fully saturated rings. The van der Waals surface area contributed by atoms with Gasteiger partial charge in [-0.05, 0) is 56.0 Å². The van der Waals surface area contributed by atoms with Crippen molar-refractivity contribution in [3.8, 4) is 5.75 Å². The maximum atomic E-state index is 5.46. The van der Waals surface area contributed by atoms with Crippen LogP contribution in [-0.4, -0.2) is 19.7 Å². The number of rotatable bonds is 3. The summed E-state index contributed by atoms with van der Waals surface area (Å²) in [6.07, 6.45) is 1.25. The monoisotopic (exact) mass is 255 g/mol. The summed E-state index contributed by atoms with van der Waals surface area (Å²) in [5, 5.41) is 3.44. The van der Waals surface area contributed by atoms with Crippen LogP contribution in [0.2, 0.25) is 0 Å². The van der Waals surface area contributed by atoms with Gasteiger partial charge in [0.1, 0.15) is 5.75 Å². The smallest absolute Gasteiger partial charge is 0.119 e. The van der Waals surface area contributed by atoms with Crippen molar-refractivity contribution in [1.29, 1.82) is 0 Å². The van der Waals surface area contributed by atoms with E-state index in [2.05, 4.69) is 36.5 Å². The Labute approximate surface area is 110 Å². The van der Waals surface area contributed by atoms with Crippen LogP contribution in [0.1, 0.15) is 31.7 Å². The van der Waals surface area contributed by atoms with Gasteiger partial charge in [0.2, 0.25) is 0 Å². The lowest BCUT2D eigenvalue weighted by molar-refractivity contribution is 0.337. The van der Waals surface area contributed by atoms with E-state index in [0.29, 0.717) is 5.92 Å². The highest BCUT2D eigenvalue weighted by Crippen LogP contribution is 2.30. The van der Waals surface area contributed by atoms with Crippen LogP contribution in [-0.2, 0) is 0 Å². The highest BCUT2D eigenvalue weighted by molar-refractivity contribution is 5.85. The van der Waals surface area contributed by atoms with Gasteiger partial charge in [-0.25, -0.2) is 0 Å². The summed E-state index contributed by atoms with van der Waals surface area (Å²) < 4.78 is 5.46. The van der Waals surface area contributed by atoms with E-state index in [1.54, 1.807) is 0 Å². The van der Waals surface area contributed by atoms with Crippen molar-refractivity contribution in [3.63, 3.8) is 0 Å². The highest BCUT2D eigenvalue weighted by Gasteiger charge is 2.22. The second-order valence-electron chi connectivity index (χ2n) is 4.58.